The van der Waals surface area contributed by atoms with Gasteiger partial charge in [-0.3, -0.25) is 0 Å². The lowest BCUT2D eigenvalue weighted by Crippen LogP contribution is -2.40. The van der Waals surface area contributed by atoms with E-state index in [0.717, 1.165) is 0 Å². The zero-order valence-electron chi connectivity index (χ0n) is 16.0. The van der Waals surface area contributed by atoms with Gasteiger partial charge in [-0.1, -0.05) is 84.9 Å². The molecule has 1 N–H and O–H groups in total. The van der Waals surface area contributed by atoms with Crippen molar-refractivity contribution in [3.8, 4) is 0 Å². The van der Waals surface area contributed by atoms with Crippen molar-refractivity contribution in [2.24, 2.45) is 5.41 Å². The van der Waals surface area contributed by atoms with Crippen LogP contribution >= 0.6 is 0 Å². The highest BCUT2D eigenvalue weighted by Crippen LogP contribution is 2.46. The van der Waals surface area contributed by atoms with Crippen molar-refractivity contribution >= 4 is 5.69 Å². The molecule has 0 saturated carbocycles. The molecule has 1 aromatic rings. The van der Waals surface area contributed by atoms with Gasteiger partial charge in [-0.2, -0.15) is 0 Å². The van der Waals surface area contributed by atoms with E-state index in [4.69, 9.17) is 0 Å². The normalized spacial score (nSPS) is 24.1. The van der Waals surface area contributed by atoms with Crippen molar-refractivity contribution in [2.45, 2.75) is 97.4 Å². The van der Waals surface area contributed by atoms with Crippen molar-refractivity contribution < 1.29 is 0 Å². The summed E-state index contributed by atoms with van der Waals surface area (Å²) in [5.41, 5.74) is 3.57. The van der Waals surface area contributed by atoms with Gasteiger partial charge in [-0.25, -0.2) is 0 Å². The lowest BCUT2D eigenvalue weighted by Gasteiger charge is -2.44. The van der Waals surface area contributed by atoms with E-state index in [2.05, 4.69) is 64.2 Å². The number of benzene rings is 1. The molecule has 0 radical (unpaired) electrons. The molecule has 1 heterocycles. The van der Waals surface area contributed by atoms with Crippen molar-refractivity contribution in [3.63, 3.8) is 0 Å². The number of fused-ring (bicyclic) bond motifs is 1. The van der Waals surface area contributed by atoms with Crippen LogP contribution < -0.4 is 5.32 Å². The van der Waals surface area contributed by atoms with Crippen molar-refractivity contribution in [2.75, 3.05) is 5.32 Å². The molecule has 1 nitrogen and oxygen atoms in total. The number of hydrogen-bond donors (Lipinski definition) is 1. The van der Waals surface area contributed by atoms with E-state index in [1.165, 1.54) is 62.6 Å². The maximum absolute atomic E-state index is 3.83. The molecule has 130 valence electrons. The minimum Gasteiger partial charge on any atom is -0.382 e. The first-order valence-electron chi connectivity index (χ1n) is 9.70. The van der Waals surface area contributed by atoms with Crippen LogP contribution in [0.4, 0.5) is 5.69 Å². The second-order valence-electron chi connectivity index (χ2n) is 9.09. The summed E-state index contributed by atoms with van der Waals surface area (Å²) in [5.74, 6) is 0. The van der Waals surface area contributed by atoms with Gasteiger partial charge in [-0.05, 0) is 41.7 Å². The summed E-state index contributed by atoms with van der Waals surface area (Å²) < 4.78 is 0. The topological polar surface area (TPSA) is 12.0 Å². The highest BCUT2D eigenvalue weighted by atomic mass is 14.9. The largest absolute Gasteiger partial charge is 0.382 e. The summed E-state index contributed by atoms with van der Waals surface area (Å²) in [5, 5.41) is 3.83. The predicted octanol–water partition coefficient (Wildman–Crippen LogP) is 6.93. The van der Waals surface area contributed by atoms with Crippen LogP contribution in [0.15, 0.2) is 24.3 Å². The van der Waals surface area contributed by atoms with Crippen LogP contribution in [-0.4, -0.2) is 6.04 Å². The molecule has 1 aliphatic heterocycles. The first-order chi connectivity index (χ1) is 10.8. The molecule has 0 bridgehead atoms. The summed E-state index contributed by atoms with van der Waals surface area (Å²) >= 11 is 0. The smallest absolute Gasteiger partial charge is 0.0380 e. The van der Waals surface area contributed by atoms with Crippen LogP contribution in [0.25, 0.3) is 0 Å². The van der Waals surface area contributed by atoms with Gasteiger partial charge in [-0.15, -0.1) is 0 Å². The molecule has 0 amide bonds. The monoisotopic (exact) mass is 315 g/mol. The molecule has 0 aromatic heterocycles. The molecular formula is C22H37N. The van der Waals surface area contributed by atoms with Gasteiger partial charge in [0.2, 0.25) is 0 Å². The third-order valence-electron chi connectivity index (χ3n) is 5.21. The zero-order valence-corrected chi connectivity index (χ0v) is 16.0. The molecule has 2 rings (SSSR count). The quantitative estimate of drug-likeness (QED) is 0.538. The molecule has 0 spiro atoms. The fourth-order valence-electron chi connectivity index (χ4n) is 4.57. The maximum Gasteiger partial charge on any atom is 0.0380 e. The Balaban J connectivity index is 2.06. The fourth-order valence-corrected chi connectivity index (χ4v) is 4.57. The minimum atomic E-state index is 0.300. The summed E-state index contributed by atoms with van der Waals surface area (Å²) in [7, 11) is 0. The third-order valence-corrected chi connectivity index (χ3v) is 5.21. The Bertz CT molecular complexity index is 485. The van der Waals surface area contributed by atoms with Crippen LogP contribution in [0.1, 0.15) is 91.5 Å². The highest BCUT2D eigenvalue weighted by Gasteiger charge is 2.38. The van der Waals surface area contributed by atoms with E-state index in [1.54, 1.807) is 0 Å². The summed E-state index contributed by atoms with van der Waals surface area (Å²) in [6, 6.07) is 9.63. The molecule has 1 aromatic carbocycles. The van der Waals surface area contributed by atoms with Crippen molar-refractivity contribution in [1.29, 1.82) is 0 Å². The Labute approximate surface area is 144 Å². The number of anilines is 1. The average molecular weight is 316 g/mol. The number of rotatable bonds is 7. The summed E-state index contributed by atoms with van der Waals surface area (Å²) in [4.78, 5) is 0. The van der Waals surface area contributed by atoms with E-state index in [1.807, 2.05) is 0 Å². The molecule has 0 fully saturated rings. The minimum absolute atomic E-state index is 0.300. The summed E-state index contributed by atoms with van der Waals surface area (Å²) in [6.07, 6.45) is 10.7. The molecule has 2 atom stereocenters. The van der Waals surface area contributed by atoms with Crippen LogP contribution in [-0.2, 0) is 5.41 Å². The number of unbranched alkanes of at least 4 members (excludes halogenated alkanes) is 4. The van der Waals surface area contributed by atoms with Gasteiger partial charge in [0.25, 0.3) is 0 Å². The third kappa shape index (κ3) is 5.26. The first kappa shape index (κ1) is 18.4. The molecule has 0 saturated heterocycles. The number of nitrogens with one attached hydrogen (secondary N) is 1. The van der Waals surface area contributed by atoms with E-state index in [9.17, 15) is 0 Å². The van der Waals surface area contributed by atoms with Crippen LogP contribution in [0, 0.1) is 5.41 Å². The van der Waals surface area contributed by atoms with E-state index in [-0.39, 0.29) is 0 Å². The molecule has 0 aliphatic carbocycles. The zero-order chi connectivity index (χ0) is 16.9. The molecule has 2 unspecified atom stereocenters. The summed E-state index contributed by atoms with van der Waals surface area (Å²) in [6.45, 7) is 11.9. The number of hydrogen-bond acceptors (Lipinski definition) is 1. The fraction of sp³-hybridized carbons (Fsp3) is 0.727. The highest BCUT2D eigenvalue weighted by molar-refractivity contribution is 5.57. The van der Waals surface area contributed by atoms with Crippen LogP contribution in [0.3, 0.4) is 0 Å². The van der Waals surface area contributed by atoms with Crippen LogP contribution in [0.2, 0.25) is 0 Å². The van der Waals surface area contributed by atoms with Gasteiger partial charge in [0.05, 0.1) is 0 Å². The van der Waals surface area contributed by atoms with Crippen LogP contribution in [0.5, 0.6) is 0 Å². The van der Waals surface area contributed by atoms with E-state index >= 15 is 0 Å². The SMILES string of the molecule is CCCCCCCC1CC(C)(CC(C)(C)C)c2ccccc2N1. The lowest BCUT2D eigenvalue weighted by atomic mass is 9.65. The Morgan fingerprint density at radius 2 is 1.78 bits per heavy atom. The maximum atomic E-state index is 3.83. The molecule has 1 aliphatic rings. The Hall–Kier alpha value is -0.980. The molecule has 1 heteroatoms. The van der Waals surface area contributed by atoms with Gasteiger partial charge in [0, 0.05) is 11.7 Å². The van der Waals surface area contributed by atoms with Gasteiger partial charge < -0.3 is 5.32 Å². The van der Waals surface area contributed by atoms with Gasteiger partial charge in [0.1, 0.15) is 0 Å². The van der Waals surface area contributed by atoms with Crippen molar-refractivity contribution in [3.05, 3.63) is 29.8 Å². The standard InChI is InChI=1S/C22H37N/c1-6-7-8-9-10-13-18-16-22(5,17-21(2,3)4)19-14-11-12-15-20(19)23-18/h11-12,14-15,18,23H,6-10,13,16-17H2,1-5H3. The average Bonchev–Trinajstić information content (AvgIpc) is 2.45. The Morgan fingerprint density at radius 3 is 2.48 bits per heavy atom. The predicted molar refractivity (Wildman–Crippen MR) is 103 cm³/mol. The molecule has 23 heavy (non-hydrogen) atoms. The van der Waals surface area contributed by atoms with Gasteiger partial charge in [0.15, 0.2) is 0 Å². The van der Waals surface area contributed by atoms with E-state index in [0.29, 0.717) is 16.9 Å². The van der Waals surface area contributed by atoms with Gasteiger partial charge >= 0.3 is 0 Å². The number of para-hydroxylation sites is 1. The molecular weight excluding hydrogens is 278 g/mol. The second-order valence-corrected chi connectivity index (χ2v) is 9.09. The second kappa shape index (κ2) is 7.73. The van der Waals surface area contributed by atoms with Crippen molar-refractivity contribution in [1.82, 2.24) is 0 Å². The Morgan fingerprint density at radius 1 is 1.09 bits per heavy atom. The van der Waals surface area contributed by atoms with E-state index < -0.39 is 0 Å². The first-order valence-corrected chi connectivity index (χ1v) is 9.70. The Kier molecular flexibility index (Phi) is 6.17. The lowest BCUT2D eigenvalue weighted by molar-refractivity contribution is 0.238.